The third-order valence-corrected chi connectivity index (χ3v) is 6.32. The van der Waals surface area contributed by atoms with E-state index in [0.717, 1.165) is 49.7 Å². The van der Waals surface area contributed by atoms with Crippen molar-refractivity contribution < 1.29 is 87.9 Å². The zero-order valence-corrected chi connectivity index (χ0v) is 32.4. The van der Waals surface area contributed by atoms with Crippen LogP contribution in [0.3, 0.4) is 0 Å². The summed E-state index contributed by atoms with van der Waals surface area (Å²) in [6.45, 7) is 24.9. The number of rotatable bonds is 19. The standard InChI is InChI=1S/C30H53BN2O4.Cs/c1-12-25(31-37-30(9,10)22(2)3)18-15-16-23(4)19-20-26(33-28(35)36-29(6,7)8)27(34)24(5)17-13-14-21-32-11;/h18,26,32H,4-5,12-17,19-21H2,1-3,6-11H3,(H,33,35);/q-1;+1/b25-18+;/t26-;/m0./s1. The van der Waals surface area contributed by atoms with E-state index in [1.165, 1.54) is 5.92 Å². The Morgan fingerprint density at radius 1 is 1.05 bits per heavy atom. The zero-order valence-electron chi connectivity index (χ0n) is 26.1. The second-order valence-electron chi connectivity index (χ2n) is 11.4. The molecule has 0 aromatic rings. The van der Waals surface area contributed by atoms with Crippen LogP contribution in [0.25, 0.3) is 0 Å². The summed E-state index contributed by atoms with van der Waals surface area (Å²) in [7, 11) is 3.77. The molecule has 0 aromatic carbocycles. The van der Waals surface area contributed by atoms with E-state index in [2.05, 4.69) is 64.5 Å². The molecule has 0 saturated heterocycles. The summed E-state index contributed by atoms with van der Waals surface area (Å²) in [6.07, 6.45) is 7.67. The molecule has 6 nitrogen and oxygen atoms in total. The molecule has 1 atom stereocenters. The first kappa shape index (κ1) is 40.3. The Bertz CT molecular complexity index is 773. The maximum atomic E-state index is 13.1. The minimum absolute atomic E-state index is 0. The van der Waals surface area contributed by atoms with Crippen LogP contribution in [-0.2, 0) is 14.2 Å². The van der Waals surface area contributed by atoms with Crippen molar-refractivity contribution in [3.63, 3.8) is 0 Å². The van der Waals surface area contributed by atoms with Crippen molar-refractivity contribution in [1.82, 2.24) is 10.6 Å². The largest absolute Gasteiger partial charge is 1.00 e. The Hall–Kier alpha value is 0.197. The molecule has 1 amide bonds. The quantitative estimate of drug-likeness (QED) is 0.0732. The van der Waals surface area contributed by atoms with Gasteiger partial charge in [-0.2, -0.15) is 13.8 Å². The minimum atomic E-state index is -0.678. The molecule has 0 aliphatic carbocycles. The van der Waals surface area contributed by atoms with Crippen LogP contribution in [0, 0.1) is 5.92 Å². The number of unbranched alkanes of at least 4 members (excludes halogenated alkanes) is 1. The SMILES string of the molecule is C=C(CC/C=C(/[B]OC(C)(C)[C-](C)C)CC)CC[C@H](NC(=O)OC(C)(C)C)C(=O)C(=C)CCCCNC.[Cs+]. The van der Waals surface area contributed by atoms with Gasteiger partial charge < -0.3 is 20.0 Å². The Labute approximate surface area is 293 Å². The first-order chi connectivity index (χ1) is 17.1. The molecule has 2 N–H and O–H groups in total. The van der Waals surface area contributed by atoms with Gasteiger partial charge in [0.2, 0.25) is 0 Å². The zero-order chi connectivity index (χ0) is 28.6. The monoisotopic (exact) mass is 649 g/mol. The maximum absolute atomic E-state index is 13.1. The maximum Gasteiger partial charge on any atom is 1.00 e. The number of ether oxygens (including phenoxy) is 1. The van der Waals surface area contributed by atoms with Gasteiger partial charge in [-0.25, -0.2) is 4.79 Å². The molecule has 0 rings (SSSR count). The summed E-state index contributed by atoms with van der Waals surface area (Å²) < 4.78 is 11.4. The van der Waals surface area contributed by atoms with Crippen molar-refractivity contribution in [2.75, 3.05) is 13.6 Å². The Morgan fingerprint density at radius 2 is 1.68 bits per heavy atom. The van der Waals surface area contributed by atoms with E-state index in [9.17, 15) is 9.59 Å². The van der Waals surface area contributed by atoms with Gasteiger partial charge in [0.15, 0.2) is 5.78 Å². The molecule has 0 aliphatic heterocycles. The topological polar surface area (TPSA) is 76.7 Å². The second-order valence-corrected chi connectivity index (χ2v) is 11.4. The summed E-state index contributed by atoms with van der Waals surface area (Å²) >= 11 is 0. The summed E-state index contributed by atoms with van der Waals surface area (Å²) in [6, 6.07) is -0.678. The molecule has 8 heteroatoms. The van der Waals surface area contributed by atoms with Crippen LogP contribution in [0.1, 0.15) is 107 Å². The molecule has 0 aliphatic rings. The summed E-state index contributed by atoms with van der Waals surface area (Å²) in [5.41, 5.74) is 1.79. The molecular formula is C30H53BCsN2O4. The molecule has 1 radical (unpaired) electrons. The number of hydrogen-bond donors (Lipinski definition) is 2. The van der Waals surface area contributed by atoms with Gasteiger partial charge in [-0.3, -0.25) is 10.7 Å². The number of carbonyl (C=O) groups is 2. The smallest absolute Gasteiger partial charge is 0.460 e. The Kier molecular flexibility index (Phi) is 22.3. The van der Waals surface area contributed by atoms with Gasteiger partial charge in [0.1, 0.15) is 5.60 Å². The number of carbonyl (C=O) groups excluding carboxylic acids is 2. The first-order valence-electron chi connectivity index (χ1n) is 13.7. The molecule has 211 valence electrons. The van der Waals surface area contributed by atoms with Gasteiger partial charge in [0.25, 0.3) is 0 Å². The third kappa shape index (κ3) is 19.3. The van der Waals surface area contributed by atoms with Gasteiger partial charge in [-0.1, -0.05) is 56.7 Å². The van der Waals surface area contributed by atoms with E-state index in [1.807, 2.05) is 14.5 Å². The van der Waals surface area contributed by atoms with E-state index in [4.69, 9.17) is 9.39 Å². The average molecular weight is 649 g/mol. The summed E-state index contributed by atoms with van der Waals surface area (Å²) in [4.78, 5) is 25.5. The van der Waals surface area contributed by atoms with Crippen molar-refractivity contribution in [3.05, 3.63) is 41.8 Å². The van der Waals surface area contributed by atoms with Crippen molar-refractivity contribution >= 4 is 19.4 Å². The average Bonchev–Trinajstić information content (AvgIpc) is 2.79. The second kappa shape index (κ2) is 21.0. The van der Waals surface area contributed by atoms with Gasteiger partial charge in [0.05, 0.1) is 6.04 Å². The van der Waals surface area contributed by atoms with Crippen molar-refractivity contribution in [1.29, 1.82) is 0 Å². The molecular weight excluding hydrogens is 596 g/mol. The van der Waals surface area contributed by atoms with Crippen molar-refractivity contribution in [3.8, 4) is 0 Å². The fourth-order valence-corrected chi connectivity index (χ4v) is 3.28. The van der Waals surface area contributed by atoms with Crippen LogP contribution in [0.4, 0.5) is 4.79 Å². The van der Waals surface area contributed by atoms with Gasteiger partial charge >= 0.3 is 82.5 Å². The molecule has 0 spiro atoms. The van der Waals surface area contributed by atoms with E-state index in [-0.39, 0.29) is 80.3 Å². The molecule has 0 bridgehead atoms. The van der Waals surface area contributed by atoms with Gasteiger partial charge in [0, 0.05) is 0 Å². The van der Waals surface area contributed by atoms with E-state index >= 15 is 0 Å². The molecule has 0 unspecified atom stereocenters. The van der Waals surface area contributed by atoms with Crippen LogP contribution in [0.2, 0.25) is 0 Å². The Balaban J connectivity index is 0. The van der Waals surface area contributed by atoms with Crippen LogP contribution in [0.15, 0.2) is 35.9 Å². The fourth-order valence-electron chi connectivity index (χ4n) is 3.28. The van der Waals surface area contributed by atoms with E-state index in [1.54, 1.807) is 20.8 Å². The van der Waals surface area contributed by atoms with Crippen LogP contribution in [0.5, 0.6) is 0 Å². The number of allylic oxidation sites excluding steroid dienone is 3. The van der Waals surface area contributed by atoms with E-state index in [0.29, 0.717) is 24.8 Å². The normalized spacial score (nSPS) is 12.9. The van der Waals surface area contributed by atoms with Crippen LogP contribution in [-0.4, -0.2) is 50.2 Å². The van der Waals surface area contributed by atoms with Crippen LogP contribution >= 0.6 is 0 Å². The number of Topliss-reactive ketones (excluding diaryl/α,β-unsaturated/α-hetero) is 1. The van der Waals surface area contributed by atoms with E-state index < -0.39 is 17.7 Å². The number of nitrogens with one attached hydrogen (secondary N) is 2. The predicted octanol–water partition coefficient (Wildman–Crippen LogP) is 3.84. The number of alkyl carbamates (subject to hydrolysis) is 1. The molecule has 38 heavy (non-hydrogen) atoms. The summed E-state index contributed by atoms with van der Waals surface area (Å²) in [5, 5.41) is 5.88. The van der Waals surface area contributed by atoms with Crippen molar-refractivity contribution in [2.45, 2.75) is 124 Å². The van der Waals surface area contributed by atoms with Gasteiger partial charge in [-0.15, -0.1) is 0 Å². The molecule has 0 saturated carbocycles. The van der Waals surface area contributed by atoms with Crippen molar-refractivity contribution in [2.24, 2.45) is 0 Å². The van der Waals surface area contributed by atoms with Crippen LogP contribution < -0.4 is 79.5 Å². The number of ketones is 1. The third-order valence-electron chi connectivity index (χ3n) is 6.32. The fraction of sp³-hybridized carbons (Fsp3) is 0.700. The molecule has 0 aromatic heterocycles. The molecule has 0 heterocycles. The Morgan fingerprint density at radius 3 is 2.21 bits per heavy atom. The first-order valence-corrected chi connectivity index (χ1v) is 13.7. The summed E-state index contributed by atoms with van der Waals surface area (Å²) in [5.74, 6) is 1.09. The van der Waals surface area contributed by atoms with Gasteiger partial charge in [-0.05, 0) is 91.3 Å². The number of hydrogen-bond acceptors (Lipinski definition) is 5. The minimum Gasteiger partial charge on any atom is -0.460 e. The predicted molar refractivity (Wildman–Crippen MR) is 157 cm³/mol. The molecule has 0 fully saturated rings. The number of amides is 1.